The van der Waals surface area contributed by atoms with E-state index < -0.39 is 23.8 Å². The Balaban J connectivity index is 0.000000305. The van der Waals surface area contributed by atoms with Crippen LogP contribution in [0.4, 0.5) is 39.2 Å². The minimum absolute atomic E-state index is 0.0328. The molecule has 0 unspecified atom stereocenters. The smallest absolute Gasteiger partial charge is 0.408 e. The topological polar surface area (TPSA) is 226 Å². The number of ketones is 2. The Kier molecular flexibility index (Phi) is 18.4. The Bertz CT molecular complexity index is 1890. The third kappa shape index (κ3) is 16.8. The first kappa shape index (κ1) is 44.2. The van der Waals surface area contributed by atoms with E-state index in [1.54, 1.807) is 68.6 Å². The van der Waals surface area contributed by atoms with Crippen LogP contribution in [0.1, 0.15) is 45.0 Å². The summed E-state index contributed by atoms with van der Waals surface area (Å²) in [5.74, 6) is 1.82. The van der Waals surface area contributed by atoms with Crippen molar-refractivity contribution in [1.82, 2.24) is 15.3 Å². The van der Waals surface area contributed by atoms with Crippen LogP contribution in [-0.4, -0.2) is 69.3 Å². The van der Waals surface area contributed by atoms with Gasteiger partial charge in [-0.2, -0.15) is 33.8 Å². The fourth-order valence-electron chi connectivity index (χ4n) is 4.61. The van der Waals surface area contributed by atoms with Crippen molar-refractivity contribution in [3.8, 4) is 0 Å². The van der Waals surface area contributed by atoms with Crippen LogP contribution >= 0.6 is 23.5 Å². The molecular weight excluding hydrogens is 737 g/mol. The molecule has 0 saturated heterocycles. The molecule has 0 aliphatic carbocycles. The molecule has 292 valence electrons. The highest BCUT2D eigenvalue weighted by Gasteiger charge is 2.24. The predicted octanol–water partition coefficient (Wildman–Crippen LogP) is 8.11. The minimum Gasteiger partial charge on any atom is -0.444 e. The number of hydrogen-bond donors (Lipinski definition) is 4. The molecular formula is C39H50N10O4S2. The number of nitrogens with one attached hydrogen (secondary N) is 1. The van der Waals surface area contributed by atoms with Gasteiger partial charge in [0, 0.05) is 0 Å². The molecule has 0 aliphatic rings. The van der Waals surface area contributed by atoms with E-state index in [2.05, 4.69) is 35.7 Å². The van der Waals surface area contributed by atoms with E-state index in [1.165, 1.54) is 0 Å². The molecule has 0 bridgehead atoms. The van der Waals surface area contributed by atoms with Crippen LogP contribution in [0.25, 0.3) is 0 Å². The minimum atomic E-state index is -0.664. The number of alkyl carbamates (subject to hydrolysis) is 1. The SMILES string of the molecule is CSCC[C@H](N)C(=O)Cc1ccc(N=Nc2ccccc2)c(N)n1.CSCC[C@H](NC(=O)OC(C)(C)C)C(=O)Cc1ccc(N=Nc2ccccc2)c(N)n1. The zero-order valence-electron chi connectivity index (χ0n) is 31.8. The summed E-state index contributed by atoms with van der Waals surface area (Å²) in [4.78, 5) is 45.5. The molecule has 0 saturated carbocycles. The number of benzene rings is 2. The first-order valence-corrected chi connectivity index (χ1v) is 20.3. The first-order valence-electron chi connectivity index (χ1n) is 17.5. The second kappa shape index (κ2) is 22.9. The number of thioether (sulfide) groups is 2. The fraction of sp³-hybridized carbons (Fsp3) is 0.359. The second-order valence-corrected chi connectivity index (χ2v) is 15.1. The fourth-order valence-corrected chi connectivity index (χ4v) is 5.58. The number of azo groups is 2. The summed E-state index contributed by atoms with van der Waals surface area (Å²) >= 11 is 3.27. The highest BCUT2D eigenvalue weighted by Crippen LogP contribution is 2.25. The largest absolute Gasteiger partial charge is 0.444 e. The third-order valence-electron chi connectivity index (χ3n) is 7.43. The van der Waals surface area contributed by atoms with E-state index in [9.17, 15) is 14.4 Å². The quantitative estimate of drug-likeness (QED) is 0.0748. The summed E-state index contributed by atoms with van der Waals surface area (Å²) in [5, 5.41) is 19.1. The molecule has 2 aromatic carbocycles. The van der Waals surface area contributed by atoms with Gasteiger partial charge in [-0.1, -0.05) is 36.4 Å². The van der Waals surface area contributed by atoms with Crippen LogP contribution in [0.3, 0.4) is 0 Å². The molecule has 4 aromatic rings. The number of ether oxygens (including phenoxy) is 1. The molecule has 0 spiro atoms. The van der Waals surface area contributed by atoms with Gasteiger partial charge in [0.15, 0.2) is 23.2 Å². The number of aromatic nitrogens is 2. The number of hydrogen-bond acceptors (Lipinski definition) is 15. The molecule has 0 radical (unpaired) electrons. The number of nitrogens with zero attached hydrogens (tertiary/aromatic N) is 6. The summed E-state index contributed by atoms with van der Waals surface area (Å²) < 4.78 is 5.28. The van der Waals surface area contributed by atoms with Gasteiger partial charge in [0.2, 0.25) is 0 Å². The molecule has 2 aromatic heterocycles. The molecule has 55 heavy (non-hydrogen) atoms. The number of nitrogen functional groups attached to an aromatic ring is 2. The van der Waals surface area contributed by atoms with Crippen molar-refractivity contribution in [3.63, 3.8) is 0 Å². The van der Waals surface area contributed by atoms with Crippen LogP contribution in [0.2, 0.25) is 0 Å². The van der Waals surface area contributed by atoms with Gasteiger partial charge in [-0.25, -0.2) is 14.8 Å². The number of carbonyl (C=O) groups excluding carboxylic acids is 3. The Hall–Kier alpha value is -5.19. The summed E-state index contributed by atoms with van der Waals surface area (Å²) in [5.41, 5.74) is 20.6. The summed E-state index contributed by atoms with van der Waals surface area (Å²) in [7, 11) is 0. The van der Waals surface area contributed by atoms with Crippen molar-refractivity contribution >= 4 is 75.6 Å². The lowest BCUT2D eigenvalue weighted by Crippen LogP contribution is -2.44. The van der Waals surface area contributed by atoms with Crippen molar-refractivity contribution in [3.05, 3.63) is 96.3 Å². The maximum atomic E-state index is 12.8. The number of rotatable bonds is 17. The Labute approximate surface area is 331 Å². The number of anilines is 2. The zero-order chi connectivity index (χ0) is 40.2. The standard InChI is InChI=1S/C22H29N5O3S.C17H21N5OS/c1-22(2,3)30-21(29)25-17(12-13-31-4)19(28)14-16-10-11-18(20(23)24-16)27-26-15-8-6-5-7-9-15;1-24-10-9-14(18)16(23)11-13-7-8-15(17(19)20-13)22-21-12-5-3-2-4-6-12/h5-11,17H,12-14H2,1-4H3,(H2,23,24)(H,25,29);2-8,14H,9-11,18H2,1H3,(H2,19,20)/t17-;14-/m00/s1. The van der Waals surface area contributed by atoms with E-state index in [1.807, 2.05) is 73.2 Å². The molecule has 4 rings (SSSR count). The molecule has 2 atom stereocenters. The van der Waals surface area contributed by atoms with E-state index in [0.29, 0.717) is 41.3 Å². The van der Waals surface area contributed by atoms with E-state index in [4.69, 9.17) is 21.9 Å². The predicted molar refractivity (Wildman–Crippen MR) is 223 cm³/mol. The van der Waals surface area contributed by atoms with E-state index in [-0.39, 0.29) is 36.0 Å². The number of nitrogens with two attached hydrogens (primary N) is 3. The lowest BCUT2D eigenvalue weighted by Gasteiger charge is -2.23. The number of Topliss-reactive ketones (excluding diaryl/α,β-unsaturated/α-hetero) is 2. The van der Waals surface area contributed by atoms with Crippen molar-refractivity contribution in [2.24, 2.45) is 26.2 Å². The summed E-state index contributed by atoms with van der Waals surface area (Å²) in [6, 6.07) is 24.3. The highest BCUT2D eigenvalue weighted by atomic mass is 32.2. The van der Waals surface area contributed by atoms with Crippen LogP contribution < -0.4 is 22.5 Å². The molecule has 14 nitrogen and oxygen atoms in total. The van der Waals surface area contributed by atoms with Gasteiger partial charge in [-0.05, 0) is 106 Å². The van der Waals surface area contributed by atoms with Gasteiger partial charge in [0.25, 0.3) is 0 Å². The van der Waals surface area contributed by atoms with Crippen molar-refractivity contribution in [2.45, 2.75) is 64.1 Å². The van der Waals surface area contributed by atoms with Gasteiger partial charge in [-0.3, -0.25) is 9.59 Å². The highest BCUT2D eigenvalue weighted by molar-refractivity contribution is 7.98. The maximum Gasteiger partial charge on any atom is 0.408 e. The number of carbonyl (C=O) groups is 3. The molecule has 16 heteroatoms. The van der Waals surface area contributed by atoms with Gasteiger partial charge in [-0.15, -0.1) is 10.2 Å². The lowest BCUT2D eigenvalue weighted by molar-refractivity contribution is -0.121. The average molecular weight is 787 g/mol. The van der Waals surface area contributed by atoms with Crippen LogP contribution in [0, 0.1) is 0 Å². The van der Waals surface area contributed by atoms with Crippen molar-refractivity contribution in [2.75, 3.05) is 35.5 Å². The monoisotopic (exact) mass is 786 g/mol. The average Bonchev–Trinajstić information content (AvgIpc) is 3.15. The molecule has 1 amide bonds. The Morgan fingerprint density at radius 3 is 1.58 bits per heavy atom. The number of pyridine rings is 2. The van der Waals surface area contributed by atoms with E-state index >= 15 is 0 Å². The van der Waals surface area contributed by atoms with Crippen LogP contribution in [0.5, 0.6) is 0 Å². The normalized spacial score (nSPS) is 12.5. The molecule has 0 aliphatic heterocycles. The Morgan fingerprint density at radius 1 is 0.691 bits per heavy atom. The van der Waals surface area contributed by atoms with Crippen LogP contribution in [0.15, 0.2) is 105 Å². The maximum absolute atomic E-state index is 12.8. The Morgan fingerprint density at radius 2 is 1.15 bits per heavy atom. The van der Waals surface area contributed by atoms with Gasteiger partial charge in [0.05, 0.1) is 47.7 Å². The summed E-state index contributed by atoms with van der Waals surface area (Å²) in [6.07, 6.45) is 4.69. The molecule has 2 heterocycles. The van der Waals surface area contributed by atoms with Crippen molar-refractivity contribution in [1.29, 1.82) is 0 Å². The molecule has 7 N–H and O–H groups in total. The zero-order valence-corrected chi connectivity index (χ0v) is 33.5. The van der Waals surface area contributed by atoms with Gasteiger partial charge < -0.3 is 27.3 Å². The van der Waals surface area contributed by atoms with Gasteiger partial charge >= 0.3 is 6.09 Å². The summed E-state index contributed by atoms with van der Waals surface area (Å²) in [6.45, 7) is 5.32. The van der Waals surface area contributed by atoms with Crippen LogP contribution in [-0.2, 0) is 27.2 Å². The lowest BCUT2D eigenvalue weighted by atomic mass is 10.1. The molecule has 0 fully saturated rings. The van der Waals surface area contributed by atoms with Gasteiger partial charge in [0.1, 0.15) is 17.0 Å². The number of amides is 1. The van der Waals surface area contributed by atoms with E-state index in [0.717, 1.165) is 17.2 Å². The first-order chi connectivity index (χ1) is 26.3. The second-order valence-electron chi connectivity index (χ2n) is 13.1. The third-order valence-corrected chi connectivity index (χ3v) is 8.71. The van der Waals surface area contributed by atoms with Crippen molar-refractivity contribution < 1.29 is 19.1 Å².